The molecule has 6 aliphatic heterocycles. The van der Waals surface area contributed by atoms with Crippen LogP contribution >= 0.6 is 0 Å². The Morgan fingerprint density at radius 1 is 0.421 bits per heavy atom. The smallest absolute Gasteiger partial charge is 0.364 e. The average molecular weight is 1820 g/mol. The van der Waals surface area contributed by atoms with Gasteiger partial charge in [-0.15, -0.1) is 0 Å². The van der Waals surface area contributed by atoms with Crippen LogP contribution in [0.25, 0.3) is 0 Å². The number of hydrogen-bond donors (Lipinski definition) is 23. The Kier molecular flexibility index (Phi) is 52.8. The maximum Gasteiger partial charge on any atom is 0.364 e. The first kappa shape index (κ1) is 111. The monoisotopic (exact) mass is 1820 g/mol. The van der Waals surface area contributed by atoms with Crippen LogP contribution in [0.1, 0.15) is 265 Å². The quantitative estimate of drug-likeness (QED) is 0.0279. The number of rotatable bonds is 63. The second kappa shape index (κ2) is 59.9. The van der Waals surface area contributed by atoms with Crippen LogP contribution in [0.5, 0.6) is 0 Å². The first-order valence-corrected chi connectivity index (χ1v) is 46.6. The van der Waals surface area contributed by atoms with Crippen molar-refractivity contribution in [2.45, 2.75) is 467 Å². The normalized spacial score (nSPS) is 34.9. The van der Waals surface area contributed by atoms with Crippen LogP contribution in [0.3, 0.4) is 0 Å². The molecule has 0 aliphatic carbocycles. The van der Waals surface area contributed by atoms with Gasteiger partial charge in [-0.2, -0.15) is 0 Å². The van der Waals surface area contributed by atoms with Crippen molar-refractivity contribution in [2.75, 3.05) is 46.2 Å². The van der Waals surface area contributed by atoms with Crippen molar-refractivity contribution in [3.63, 3.8) is 0 Å². The van der Waals surface area contributed by atoms with Gasteiger partial charge in [0.15, 0.2) is 31.5 Å². The SMILES string of the molecule is CCCCCCCCCCCCC/C=C/[C@@H](O)[C@H](CO[C@@H]1OC(CO)[C@@H](O[C@@H]2OC(CO)[C@H](O)[C@H](O[C@H]3OC(CO)[C@H](O)[C@H](O[C@@H]4OC(CO)[C@H](O)[C@H](O[C@@H]5OC(CO[C@]6(C(=O)O)CC(O)[C@@H](NC(C)=O)C([C@H](O)[C@H](O)CO)O6)[C@H](O)[C@H](O)C5O)C4NC(C)=O)C3O)C2O)[C@H](O)C1O)NC(=O)CCCCCCCCCCCCCCCCCCCCCCCCC. The largest absolute Gasteiger partial charge is 0.477 e. The van der Waals surface area contributed by atoms with E-state index in [1.165, 1.54) is 161 Å². The number of ether oxygens (including phenoxy) is 12. The van der Waals surface area contributed by atoms with E-state index in [2.05, 4.69) is 29.8 Å². The second-order valence-corrected chi connectivity index (χ2v) is 34.9. The van der Waals surface area contributed by atoms with Gasteiger partial charge in [0.1, 0.15) is 140 Å². The zero-order valence-corrected chi connectivity index (χ0v) is 74.2. The van der Waals surface area contributed by atoms with E-state index in [4.69, 9.17) is 56.8 Å². The number of amides is 3. The first-order valence-electron chi connectivity index (χ1n) is 46.6. The molecule has 6 rings (SSSR count). The van der Waals surface area contributed by atoms with Crippen molar-refractivity contribution in [1.82, 2.24) is 16.0 Å². The number of carboxylic acids is 1. The predicted molar refractivity (Wildman–Crippen MR) is 448 cm³/mol. The van der Waals surface area contributed by atoms with Crippen LogP contribution in [0.15, 0.2) is 12.2 Å². The standard InChI is InChI=1S/C87H157N3O36/c1-5-7-9-11-13-15-17-19-20-21-22-23-24-25-26-27-28-30-32-34-36-38-40-42-62(101)90-53(54(98)41-39-37-35-33-31-29-18-16-14-12-10-8-6-2)49-115-82-73(110)71(108)76(60(48-95)120-82)122-84-75(112)80(69(106)59(47-94)118-84)125-85-74(111)79(68(105)58(46-93)119-85)124-81-64(89-52(4)97)77(67(104)57(45-92)117-81)123-83-72(109)70(107)66(103)61(121-83)50-116-87(86(113)114)43-55(99)63(88-51(3)96)78(126-87)65(102)56(100)44-91/h39,41,53-61,63-85,91-95,98-100,102-112H,5-38,40,42-50H2,1-4H3,(H,88,96)(H,89,97)(H,90,101)(H,113,114)/b41-39+/t53-,54+,55?,56+,57?,58?,59?,60?,61?,63+,64?,65+,66-,67-,68-,69-,70-,71+,72?,73?,74?,75?,76+,77+,78?,79-,80-,81-,82+,83-,84-,85+,87+/m0/s1. The molecular formula is C87H157N3O36. The molecule has 0 bridgehead atoms. The van der Waals surface area contributed by atoms with Crippen LogP contribution < -0.4 is 16.0 Å². The Bertz CT molecular complexity index is 2980. The van der Waals surface area contributed by atoms with Crippen molar-refractivity contribution in [2.24, 2.45) is 0 Å². The molecule has 736 valence electrons. The average Bonchev–Trinajstić information content (AvgIpc) is 0.767. The molecule has 0 aromatic heterocycles. The Balaban J connectivity index is 1.07. The fraction of sp³-hybridized carbons (Fsp3) is 0.931. The number of aliphatic carboxylic acids is 1. The summed E-state index contributed by atoms with van der Waals surface area (Å²) in [5.41, 5.74) is 0. The molecule has 12 unspecified atom stereocenters. The summed E-state index contributed by atoms with van der Waals surface area (Å²) in [6.45, 7) is -0.557. The summed E-state index contributed by atoms with van der Waals surface area (Å²) in [6.07, 6.45) is -14.7. The van der Waals surface area contributed by atoms with Crippen molar-refractivity contribution < 1.29 is 178 Å². The van der Waals surface area contributed by atoms with Gasteiger partial charge in [-0.3, -0.25) is 14.4 Å². The van der Waals surface area contributed by atoms with E-state index in [-0.39, 0.29) is 12.3 Å². The summed E-state index contributed by atoms with van der Waals surface area (Å²) < 4.78 is 70.6. The topological polar surface area (TPSA) is 620 Å². The number of carbonyl (C=O) groups is 4. The van der Waals surface area contributed by atoms with Crippen LogP contribution in [0, 0.1) is 0 Å². The number of nitrogens with one attached hydrogen (secondary N) is 3. The van der Waals surface area contributed by atoms with Crippen molar-refractivity contribution >= 4 is 23.7 Å². The highest BCUT2D eigenvalue weighted by atomic mass is 16.8. The number of carbonyl (C=O) groups excluding carboxylic acids is 3. The summed E-state index contributed by atoms with van der Waals surface area (Å²) in [7, 11) is 0. The molecule has 0 saturated carbocycles. The lowest BCUT2D eigenvalue weighted by atomic mass is 9.88. The Morgan fingerprint density at radius 3 is 1.25 bits per heavy atom. The van der Waals surface area contributed by atoms with Gasteiger partial charge in [0, 0.05) is 26.7 Å². The molecule has 6 aliphatic rings. The molecule has 6 fully saturated rings. The highest BCUT2D eigenvalue weighted by molar-refractivity contribution is 5.77. The molecule has 0 spiro atoms. The van der Waals surface area contributed by atoms with Crippen molar-refractivity contribution in [3.8, 4) is 0 Å². The Hall–Kier alpha value is -3.62. The summed E-state index contributed by atoms with van der Waals surface area (Å²) in [5, 5.41) is 231. The molecule has 0 aromatic rings. The minimum Gasteiger partial charge on any atom is -0.477 e. The highest BCUT2D eigenvalue weighted by Crippen LogP contribution is 2.39. The van der Waals surface area contributed by atoms with E-state index >= 15 is 0 Å². The zero-order chi connectivity index (χ0) is 92.4. The maximum atomic E-state index is 13.6. The lowest BCUT2D eigenvalue weighted by Crippen LogP contribution is -2.70. The molecule has 39 nitrogen and oxygen atoms in total. The van der Waals surface area contributed by atoms with Crippen LogP contribution in [-0.2, 0) is 76.0 Å². The summed E-state index contributed by atoms with van der Waals surface area (Å²) in [5.74, 6) is -7.13. The van der Waals surface area contributed by atoms with E-state index in [0.717, 1.165) is 65.2 Å². The van der Waals surface area contributed by atoms with E-state index in [1.807, 2.05) is 6.08 Å². The van der Waals surface area contributed by atoms with Gasteiger partial charge in [0.25, 0.3) is 5.79 Å². The summed E-state index contributed by atoms with van der Waals surface area (Å²) in [4.78, 5) is 51.8. The second-order valence-electron chi connectivity index (χ2n) is 34.9. The fourth-order valence-corrected chi connectivity index (χ4v) is 17.1. The fourth-order valence-electron chi connectivity index (χ4n) is 17.1. The summed E-state index contributed by atoms with van der Waals surface area (Å²) >= 11 is 0. The molecule has 0 aromatic carbocycles. The van der Waals surface area contributed by atoms with Crippen LogP contribution in [-0.4, -0.2) is 374 Å². The zero-order valence-electron chi connectivity index (χ0n) is 74.2. The van der Waals surface area contributed by atoms with E-state index in [1.54, 1.807) is 6.08 Å². The number of unbranched alkanes of at least 4 members (excludes halogenated alkanes) is 33. The third-order valence-corrected chi connectivity index (χ3v) is 24.7. The molecule has 33 atom stereocenters. The molecule has 0 radical (unpaired) electrons. The van der Waals surface area contributed by atoms with Gasteiger partial charge in [-0.05, 0) is 19.3 Å². The van der Waals surface area contributed by atoms with Gasteiger partial charge >= 0.3 is 5.97 Å². The van der Waals surface area contributed by atoms with E-state index < -0.39 is 272 Å². The van der Waals surface area contributed by atoms with Crippen LogP contribution in [0.4, 0.5) is 0 Å². The molecule has 23 N–H and O–H groups in total. The Morgan fingerprint density at radius 2 is 0.802 bits per heavy atom. The van der Waals surface area contributed by atoms with Gasteiger partial charge in [0.05, 0.1) is 70.5 Å². The summed E-state index contributed by atoms with van der Waals surface area (Å²) in [6, 6.07) is -4.64. The van der Waals surface area contributed by atoms with Gasteiger partial charge in [-0.1, -0.05) is 231 Å². The van der Waals surface area contributed by atoms with Gasteiger partial charge in [0.2, 0.25) is 17.7 Å². The minimum atomic E-state index is -3.03. The molecular weight excluding hydrogens is 1660 g/mol. The van der Waals surface area contributed by atoms with Gasteiger partial charge in [-0.25, -0.2) is 4.79 Å². The predicted octanol–water partition coefficient (Wildman–Crippen LogP) is -0.0974. The Labute approximate surface area is 740 Å². The third kappa shape index (κ3) is 35.0. The van der Waals surface area contributed by atoms with E-state index in [0.29, 0.717) is 12.8 Å². The third-order valence-electron chi connectivity index (χ3n) is 24.7. The van der Waals surface area contributed by atoms with Crippen molar-refractivity contribution in [3.05, 3.63) is 12.2 Å². The lowest BCUT2D eigenvalue weighted by molar-refractivity contribution is -0.390. The number of aliphatic hydroxyl groups is 19. The van der Waals surface area contributed by atoms with Crippen molar-refractivity contribution in [1.29, 1.82) is 0 Å². The lowest BCUT2D eigenvalue weighted by Gasteiger charge is -2.50. The molecule has 39 heteroatoms. The van der Waals surface area contributed by atoms with Crippen LogP contribution in [0.2, 0.25) is 0 Å². The molecule has 6 saturated heterocycles. The maximum absolute atomic E-state index is 13.6. The number of carboxylic acid groups (broad SMARTS) is 1. The number of aliphatic hydroxyl groups excluding tert-OH is 19. The minimum absolute atomic E-state index is 0.161. The van der Waals surface area contributed by atoms with Gasteiger partial charge < -0.3 is 175 Å². The molecule has 3 amide bonds. The van der Waals surface area contributed by atoms with E-state index in [9.17, 15) is 121 Å². The number of allylic oxidation sites excluding steroid dienone is 1. The highest BCUT2D eigenvalue weighted by Gasteiger charge is 2.60. The number of hydrogen-bond acceptors (Lipinski definition) is 35. The molecule has 6 heterocycles. The molecule has 126 heavy (non-hydrogen) atoms. The first-order chi connectivity index (χ1) is 60.5.